The van der Waals surface area contributed by atoms with Gasteiger partial charge in [0.1, 0.15) is 16.9 Å². The van der Waals surface area contributed by atoms with Crippen molar-refractivity contribution in [3.05, 3.63) is 91.8 Å². The second kappa shape index (κ2) is 14.3. The molecule has 0 radical (unpaired) electrons. The van der Waals surface area contributed by atoms with E-state index in [2.05, 4.69) is 45.4 Å². The summed E-state index contributed by atoms with van der Waals surface area (Å²) in [6.45, 7) is 8.60. The number of ether oxygens (including phenoxy) is 1. The summed E-state index contributed by atoms with van der Waals surface area (Å²) >= 11 is 7.92. The molecule has 47 heavy (non-hydrogen) atoms. The van der Waals surface area contributed by atoms with Crippen LogP contribution in [0.5, 0.6) is 0 Å². The van der Waals surface area contributed by atoms with Gasteiger partial charge in [0, 0.05) is 58.5 Å². The molecule has 0 saturated carbocycles. The molecule has 6 rings (SSSR count). The molecule has 2 N–H and O–H groups in total. The molecule has 2 aliphatic rings. The molecule has 0 spiro atoms. The predicted octanol–water partition coefficient (Wildman–Crippen LogP) is 5.06. The van der Waals surface area contributed by atoms with E-state index in [1.807, 2.05) is 48.2 Å². The second-order valence-electron chi connectivity index (χ2n) is 11.2. The Morgan fingerprint density at radius 3 is 2.47 bits per heavy atom. The van der Waals surface area contributed by atoms with Gasteiger partial charge in [-0.15, -0.1) is 33.9 Å². The number of carbonyl (C=O) groups is 2. The van der Waals surface area contributed by atoms with Crippen molar-refractivity contribution in [1.29, 1.82) is 0 Å². The Morgan fingerprint density at radius 2 is 1.79 bits per heavy atom. The third-order valence-electron chi connectivity index (χ3n) is 8.46. The predicted molar refractivity (Wildman–Crippen MR) is 188 cm³/mol. The molecule has 1 fully saturated rings. The zero-order valence-corrected chi connectivity index (χ0v) is 28.9. The summed E-state index contributed by atoms with van der Waals surface area (Å²) in [6.07, 6.45) is 0.156. The van der Waals surface area contributed by atoms with Gasteiger partial charge in [0.25, 0.3) is 0 Å². The molecule has 0 bridgehead atoms. The van der Waals surface area contributed by atoms with Gasteiger partial charge in [0.15, 0.2) is 5.82 Å². The molecule has 13 heteroatoms. The Hall–Kier alpha value is -4.21. The highest BCUT2D eigenvalue weighted by Gasteiger charge is 2.34. The third kappa shape index (κ3) is 6.64. The molecule has 10 nitrogen and oxygen atoms in total. The van der Waals surface area contributed by atoms with E-state index >= 15 is 0 Å². The van der Waals surface area contributed by atoms with Crippen LogP contribution in [0.25, 0.3) is 5.00 Å². The maximum atomic E-state index is 13.9. The van der Waals surface area contributed by atoms with E-state index in [0.717, 1.165) is 38.9 Å². The van der Waals surface area contributed by atoms with Crippen LogP contribution < -0.4 is 10.6 Å². The second-order valence-corrected chi connectivity index (χ2v) is 12.8. The lowest BCUT2D eigenvalue weighted by Crippen LogP contribution is -2.49. The van der Waals surface area contributed by atoms with Gasteiger partial charge in [-0.3, -0.25) is 14.4 Å². The number of anilines is 1. The van der Waals surface area contributed by atoms with Crippen LogP contribution >= 0.6 is 35.3 Å². The Balaban J connectivity index is 0.00000433. The molecule has 2 aliphatic heterocycles. The summed E-state index contributed by atoms with van der Waals surface area (Å²) in [5, 5.41) is 10.6. The van der Waals surface area contributed by atoms with E-state index in [0.29, 0.717) is 48.2 Å². The molecule has 2 aromatic heterocycles. The molecule has 1 saturated heterocycles. The van der Waals surface area contributed by atoms with Crippen LogP contribution in [0.2, 0.25) is 5.02 Å². The molecular weight excluding hydrogens is 657 g/mol. The fourth-order valence-electron chi connectivity index (χ4n) is 5.90. The van der Waals surface area contributed by atoms with Crippen LogP contribution in [0.15, 0.2) is 47.5 Å². The average Bonchev–Trinajstić information content (AvgIpc) is 3.55. The van der Waals surface area contributed by atoms with Crippen molar-refractivity contribution >= 4 is 58.6 Å². The van der Waals surface area contributed by atoms with Crippen LogP contribution in [0.1, 0.15) is 61.6 Å². The van der Waals surface area contributed by atoms with Gasteiger partial charge in [0.2, 0.25) is 5.91 Å². The minimum absolute atomic E-state index is 0. The summed E-state index contributed by atoms with van der Waals surface area (Å²) < 4.78 is 7.05. The number of aliphatic imine (C=N–C) groups is 1. The fraction of sp³-hybridized carbons (Fsp3) is 0.324. The highest BCUT2D eigenvalue weighted by atomic mass is 35.5. The van der Waals surface area contributed by atoms with Crippen LogP contribution in [0.4, 0.5) is 5.69 Å². The van der Waals surface area contributed by atoms with E-state index in [-0.39, 0.29) is 31.3 Å². The highest BCUT2D eigenvalue weighted by molar-refractivity contribution is 7.15. The number of amides is 1. The Kier molecular flexibility index (Phi) is 10.4. The van der Waals surface area contributed by atoms with Crippen LogP contribution in [0.3, 0.4) is 0 Å². The van der Waals surface area contributed by atoms with E-state index in [4.69, 9.17) is 27.1 Å². The van der Waals surface area contributed by atoms with Gasteiger partial charge in [-0.1, -0.05) is 35.6 Å². The van der Waals surface area contributed by atoms with E-state index in [9.17, 15) is 9.59 Å². The summed E-state index contributed by atoms with van der Waals surface area (Å²) in [7, 11) is 1.35. The molecule has 244 valence electrons. The molecule has 0 unspecified atom stereocenters. The van der Waals surface area contributed by atoms with Crippen molar-refractivity contribution in [2.75, 3.05) is 44.7 Å². The number of nitrogens with two attached hydrogens (primary N) is 1. The van der Waals surface area contributed by atoms with Gasteiger partial charge in [-0.05, 0) is 56.7 Å². The number of nitrogens with zero attached hydrogens (tertiary/aromatic N) is 6. The van der Waals surface area contributed by atoms with Gasteiger partial charge >= 0.3 is 5.97 Å². The normalized spacial score (nSPS) is 15.4. The maximum absolute atomic E-state index is 13.9. The number of aryl methyl sites for hydroxylation is 2. The number of methoxy groups -OCH3 is 1. The first-order valence-electron chi connectivity index (χ1n) is 15.0. The van der Waals surface area contributed by atoms with Crippen LogP contribution in [0, 0.1) is 32.6 Å². The Labute approximate surface area is 289 Å². The third-order valence-corrected chi connectivity index (χ3v) is 9.90. The number of halogens is 2. The number of esters is 1. The molecule has 0 aliphatic carbocycles. The number of fused-ring (bicyclic) bond motifs is 3. The van der Waals surface area contributed by atoms with Crippen LogP contribution in [-0.2, 0) is 9.53 Å². The number of piperazine rings is 1. The molecular formula is C34H35Cl2N7O3S. The lowest BCUT2D eigenvalue weighted by molar-refractivity contribution is -0.131. The van der Waals surface area contributed by atoms with Crippen molar-refractivity contribution in [1.82, 2.24) is 19.7 Å². The summed E-state index contributed by atoms with van der Waals surface area (Å²) in [5.74, 6) is 6.69. The largest absolute Gasteiger partial charge is 0.465 e. The standard InChI is InChI=1S/C34H34ClN7O3S.ClH/c1-20-21(2)46-33-30(20)31(24-7-10-25(35)11-8-24)37-28(32-39-38-22(3)42(32)33)19-29(43)41-16-14-40(15-17-41)26-12-9-23(6-5-13-36)27(18-26)34(44)45-4;/h7-12,18,28H,13-17,19,36H2,1-4H3;1H/t28-;/m0./s1. The minimum atomic E-state index is -0.526. The first-order valence-corrected chi connectivity index (χ1v) is 16.2. The summed E-state index contributed by atoms with van der Waals surface area (Å²) in [4.78, 5) is 36.8. The number of hydrogen-bond donors (Lipinski definition) is 1. The lowest BCUT2D eigenvalue weighted by atomic mass is 9.99. The number of hydrogen-bond acceptors (Lipinski definition) is 9. The average molecular weight is 693 g/mol. The van der Waals surface area contributed by atoms with Crippen molar-refractivity contribution in [3.8, 4) is 16.8 Å². The quantitative estimate of drug-likeness (QED) is 0.230. The molecule has 4 aromatic rings. The smallest absolute Gasteiger partial charge is 0.339 e. The summed E-state index contributed by atoms with van der Waals surface area (Å²) in [5.41, 5.74) is 11.3. The highest BCUT2D eigenvalue weighted by Crippen LogP contribution is 2.40. The zero-order chi connectivity index (χ0) is 32.5. The monoisotopic (exact) mass is 691 g/mol. The first-order chi connectivity index (χ1) is 22.2. The Morgan fingerprint density at radius 1 is 1.06 bits per heavy atom. The van der Waals surface area contributed by atoms with Crippen LogP contribution in [-0.4, -0.2) is 77.1 Å². The van der Waals surface area contributed by atoms with Gasteiger partial charge in [-0.2, -0.15) is 0 Å². The SMILES string of the molecule is COC(=O)c1cc(N2CCN(C(=O)C[C@@H]3N=C(c4ccc(Cl)cc4)c4c(sc(C)c4C)-n4c(C)nnc43)CC2)ccc1C#CCN.Cl. The first kappa shape index (κ1) is 34.1. The van der Waals surface area contributed by atoms with E-state index in [1.54, 1.807) is 17.4 Å². The van der Waals surface area contributed by atoms with Crippen molar-refractivity contribution in [2.24, 2.45) is 10.7 Å². The maximum Gasteiger partial charge on any atom is 0.339 e. The zero-order valence-electron chi connectivity index (χ0n) is 26.5. The van der Waals surface area contributed by atoms with Crippen molar-refractivity contribution in [3.63, 3.8) is 0 Å². The molecule has 4 heterocycles. The van der Waals surface area contributed by atoms with Gasteiger partial charge < -0.3 is 20.3 Å². The molecule has 1 amide bonds. The van der Waals surface area contributed by atoms with E-state index in [1.165, 1.54) is 12.0 Å². The topological polar surface area (TPSA) is 119 Å². The molecule has 2 aromatic carbocycles. The van der Waals surface area contributed by atoms with Crippen molar-refractivity contribution in [2.45, 2.75) is 33.2 Å². The van der Waals surface area contributed by atoms with Gasteiger partial charge in [0.05, 0.1) is 31.4 Å². The minimum Gasteiger partial charge on any atom is -0.465 e. The van der Waals surface area contributed by atoms with Crippen molar-refractivity contribution < 1.29 is 14.3 Å². The number of rotatable bonds is 5. The summed E-state index contributed by atoms with van der Waals surface area (Å²) in [6, 6.07) is 12.7. The van der Waals surface area contributed by atoms with E-state index < -0.39 is 12.0 Å². The Bertz CT molecular complexity index is 1920. The van der Waals surface area contributed by atoms with Gasteiger partial charge in [-0.25, -0.2) is 4.79 Å². The number of aromatic nitrogens is 3. The number of thiophene rings is 1. The molecule has 1 atom stereocenters. The fourth-order valence-corrected chi connectivity index (χ4v) is 7.24. The number of benzene rings is 2. The number of carbonyl (C=O) groups excluding carboxylic acids is 2. The lowest BCUT2D eigenvalue weighted by Gasteiger charge is -2.36.